The summed E-state index contributed by atoms with van der Waals surface area (Å²) in [6.07, 6.45) is 0. The molecule has 1 aromatic carbocycles. The summed E-state index contributed by atoms with van der Waals surface area (Å²) in [6, 6.07) is 9.25. The van der Waals surface area contributed by atoms with Crippen molar-refractivity contribution in [3.8, 4) is 0 Å². The van der Waals surface area contributed by atoms with Crippen LogP contribution in [0.2, 0.25) is 0 Å². The molecular formula is C9H12W. The second-order valence-electron chi connectivity index (χ2n) is 2.05. The molecule has 0 heterocycles. The predicted octanol–water partition coefficient (Wildman–Crippen LogP) is 2.55. The van der Waals surface area contributed by atoms with Gasteiger partial charge in [-0.25, -0.2) is 0 Å². The zero-order valence-electron chi connectivity index (χ0n) is 6.64. The van der Waals surface area contributed by atoms with E-state index < -0.39 is 0 Å². The van der Waals surface area contributed by atoms with Crippen molar-refractivity contribution in [1.29, 1.82) is 0 Å². The van der Waals surface area contributed by atoms with Gasteiger partial charge in [-0.15, -0.1) is 0 Å². The van der Waals surface area contributed by atoms with Gasteiger partial charge < -0.3 is 7.43 Å². The molecule has 0 aliphatic rings. The normalized spacial score (nSPS) is 7.40. The molecule has 10 heavy (non-hydrogen) atoms. The first-order valence-corrected chi connectivity index (χ1v) is 2.74. The zero-order valence-corrected chi connectivity index (χ0v) is 9.57. The van der Waals surface area contributed by atoms with Crippen LogP contribution in [-0.4, -0.2) is 0 Å². The Morgan fingerprint density at radius 2 is 1.80 bits per heavy atom. The molecule has 1 aromatic rings. The molecule has 0 radical (unpaired) electrons. The molecule has 0 aromatic heterocycles. The molecule has 0 aliphatic heterocycles. The summed E-state index contributed by atoms with van der Waals surface area (Å²) in [5, 5.41) is 0. The van der Waals surface area contributed by atoms with Crippen LogP contribution in [0.5, 0.6) is 0 Å². The Hall–Kier alpha value is -0.0917. The first kappa shape index (κ1) is 12.6. The predicted molar refractivity (Wildman–Crippen MR) is 41.2 cm³/mol. The summed E-state index contributed by atoms with van der Waals surface area (Å²) in [5.41, 5.74) is 2.48. The monoisotopic (exact) mass is 304 g/mol. The van der Waals surface area contributed by atoms with Gasteiger partial charge in [-0.1, -0.05) is 13.8 Å². The van der Waals surface area contributed by atoms with E-state index >= 15 is 0 Å². The molecule has 0 aliphatic carbocycles. The SMILES string of the molecule is Cc1[c-]cc(C)cc1.[CH3-].[W+2]. The van der Waals surface area contributed by atoms with Crippen molar-refractivity contribution in [2.75, 3.05) is 0 Å². The molecule has 0 N–H and O–H groups in total. The third-order valence-corrected chi connectivity index (χ3v) is 1.12. The van der Waals surface area contributed by atoms with Gasteiger partial charge in [0.2, 0.25) is 0 Å². The zero-order chi connectivity index (χ0) is 5.98. The fourth-order valence-electron chi connectivity index (χ4n) is 0.580. The molecule has 0 spiro atoms. The van der Waals surface area contributed by atoms with E-state index in [0.29, 0.717) is 0 Å². The maximum absolute atomic E-state index is 3.10. The van der Waals surface area contributed by atoms with Crippen molar-refractivity contribution in [3.05, 3.63) is 42.8 Å². The first-order valence-electron chi connectivity index (χ1n) is 2.74. The number of aryl methyl sites for hydroxylation is 2. The van der Waals surface area contributed by atoms with E-state index in [1.165, 1.54) is 11.1 Å². The Bertz CT molecular complexity index is 144. The van der Waals surface area contributed by atoms with Crippen molar-refractivity contribution >= 4 is 0 Å². The minimum atomic E-state index is 0. The molecule has 54 valence electrons. The van der Waals surface area contributed by atoms with Gasteiger partial charge in [0.05, 0.1) is 0 Å². The number of benzene rings is 1. The van der Waals surface area contributed by atoms with Crippen LogP contribution in [0.3, 0.4) is 0 Å². The van der Waals surface area contributed by atoms with Crippen LogP contribution in [0.15, 0.2) is 18.2 Å². The van der Waals surface area contributed by atoms with Gasteiger partial charge in [0.25, 0.3) is 0 Å². The van der Waals surface area contributed by atoms with Crippen LogP contribution in [-0.2, 0) is 21.1 Å². The topological polar surface area (TPSA) is 0 Å². The van der Waals surface area contributed by atoms with E-state index in [1.807, 2.05) is 13.0 Å². The van der Waals surface area contributed by atoms with Crippen LogP contribution in [0.1, 0.15) is 11.1 Å². The Morgan fingerprint density at radius 1 is 1.20 bits per heavy atom. The summed E-state index contributed by atoms with van der Waals surface area (Å²) in [7, 11) is 0. The van der Waals surface area contributed by atoms with Crippen LogP contribution in [0, 0.1) is 27.3 Å². The van der Waals surface area contributed by atoms with Gasteiger partial charge >= 0.3 is 21.1 Å². The summed E-state index contributed by atoms with van der Waals surface area (Å²) >= 11 is 0. The van der Waals surface area contributed by atoms with Gasteiger partial charge in [-0.05, 0) is 0 Å². The Labute approximate surface area is 77.9 Å². The van der Waals surface area contributed by atoms with Crippen LogP contribution in [0.25, 0.3) is 0 Å². The van der Waals surface area contributed by atoms with Gasteiger partial charge in [-0.2, -0.15) is 35.4 Å². The molecule has 1 rings (SSSR count). The minimum Gasteiger partial charge on any atom is -0.358 e. The van der Waals surface area contributed by atoms with Crippen molar-refractivity contribution < 1.29 is 21.1 Å². The van der Waals surface area contributed by atoms with Crippen LogP contribution in [0.4, 0.5) is 0 Å². The molecule has 0 amide bonds. The summed E-state index contributed by atoms with van der Waals surface area (Å²) in [6.45, 7) is 4.11. The van der Waals surface area contributed by atoms with E-state index in [0.717, 1.165) is 0 Å². The Morgan fingerprint density at radius 3 is 2.10 bits per heavy atom. The van der Waals surface area contributed by atoms with Crippen molar-refractivity contribution in [1.82, 2.24) is 0 Å². The van der Waals surface area contributed by atoms with E-state index in [4.69, 9.17) is 0 Å². The maximum atomic E-state index is 3.10. The van der Waals surface area contributed by atoms with Gasteiger partial charge in [0.15, 0.2) is 0 Å². The smallest absolute Gasteiger partial charge is 0.358 e. The summed E-state index contributed by atoms with van der Waals surface area (Å²) < 4.78 is 0. The number of hydrogen-bond donors (Lipinski definition) is 0. The molecule has 0 saturated heterocycles. The fourth-order valence-corrected chi connectivity index (χ4v) is 0.580. The maximum Gasteiger partial charge on any atom is 2.00 e. The molecule has 0 saturated carbocycles. The molecule has 1 heteroatoms. The van der Waals surface area contributed by atoms with Crippen molar-refractivity contribution in [3.63, 3.8) is 0 Å². The van der Waals surface area contributed by atoms with Gasteiger partial charge in [-0.3, -0.25) is 0 Å². The standard InChI is InChI=1S/C8H9.CH3.W/c1-7-3-5-8(2)6-4-7;;/h3-5H,1-2H3;1H3;/q2*-1;+2. The van der Waals surface area contributed by atoms with Gasteiger partial charge in [0, 0.05) is 0 Å². The molecular weight excluding hydrogens is 292 g/mol. The average molecular weight is 304 g/mol. The third-order valence-electron chi connectivity index (χ3n) is 1.12. The Balaban J connectivity index is 0. The minimum absolute atomic E-state index is 0. The van der Waals surface area contributed by atoms with E-state index in [1.54, 1.807) is 0 Å². The van der Waals surface area contributed by atoms with Crippen LogP contribution < -0.4 is 0 Å². The number of hydrogen-bond acceptors (Lipinski definition) is 0. The number of rotatable bonds is 0. The second-order valence-corrected chi connectivity index (χ2v) is 2.05. The van der Waals surface area contributed by atoms with Crippen LogP contribution >= 0.6 is 0 Å². The molecule has 0 atom stereocenters. The first-order chi connectivity index (χ1) is 3.79. The van der Waals surface area contributed by atoms with E-state index in [-0.39, 0.29) is 28.5 Å². The molecule has 0 nitrogen and oxygen atoms in total. The second kappa shape index (κ2) is 5.67. The quantitative estimate of drug-likeness (QED) is 0.646. The largest absolute Gasteiger partial charge is 2.00 e. The third kappa shape index (κ3) is 3.84. The summed E-state index contributed by atoms with van der Waals surface area (Å²) in [5.74, 6) is 0. The summed E-state index contributed by atoms with van der Waals surface area (Å²) in [4.78, 5) is 0. The van der Waals surface area contributed by atoms with Gasteiger partial charge in [0.1, 0.15) is 0 Å². The fraction of sp³-hybridized carbons (Fsp3) is 0.222. The van der Waals surface area contributed by atoms with Crippen molar-refractivity contribution in [2.24, 2.45) is 0 Å². The molecule has 0 fully saturated rings. The average Bonchev–Trinajstić information content (AvgIpc) is 1.77. The van der Waals surface area contributed by atoms with Crippen molar-refractivity contribution in [2.45, 2.75) is 13.8 Å². The Kier molecular flexibility index (Phi) is 7.13. The molecule has 0 bridgehead atoms. The van der Waals surface area contributed by atoms with E-state index in [9.17, 15) is 0 Å². The van der Waals surface area contributed by atoms with E-state index in [2.05, 4.69) is 25.1 Å². The molecule has 0 unspecified atom stereocenters.